The van der Waals surface area contributed by atoms with Crippen LogP contribution in [0.15, 0.2) is 0 Å². The molecule has 0 aromatic heterocycles. The lowest BCUT2D eigenvalue weighted by Crippen LogP contribution is -2.51. The maximum Gasteiger partial charge on any atom is 0.227 e. The van der Waals surface area contributed by atoms with Crippen molar-refractivity contribution in [2.24, 2.45) is 5.92 Å². The molecule has 1 aliphatic carbocycles. The Labute approximate surface area is 127 Å². The number of amides is 1. The topological polar surface area (TPSA) is 66.5 Å². The Morgan fingerprint density at radius 3 is 2.40 bits per heavy atom. The van der Waals surface area contributed by atoms with E-state index in [9.17, 15) is 13.2 Å². The Bertz CT molecular complexity index is 435. The fraction of sp³-hybridized carbons (Fsp3) is 0.923. The number of sulfone groups is 1. The van der Waals surface area contributed by atoms with Crippen molar-refractivity contribution in [1.82, 2.24) is 10.2 Å². The molecular formula is C13H25ClN2O3S. The minimum Gasteiger partial charge on any atom is -0.341 e. The van der Waals surface area contributed by atoms with E-state index >= 15 is 0 Å². The van der Waals surface area contributed by atoms with Gasteiger partial charge >= 0.3 is 0 Å². The largest absolute Gasteiger partial charge is 0.341 e. The third-order valence-corrected chi connectivity index (χ3v) is 6.12. The molecule has 2 fully saturated rings. The second kappa shape index (κ2) is 7.09. The first-order valence-electron chi connectivity index (χ1n) is 7.07. The van der Waals surface area contributed by atoms with Gasteiger partial charge in [0.2, 0.25) is 5.91 Å². The number of nitrogens with one attached hydrogen (secondary N) is 1. The number of halogens is 1. The van der Waals surface area contributed by atoms with E-state index in [1.807, 2.05) is 0 Å². The van der Waals surface area contributed by atoms with Crippen molar-refractivity contribution < 1.29 is 13.2 Å². The van der Waals surface area contributed by atoms with Crippen LogP contribution in [0.3, 0.4) is 0 Å². The SMILES string of the molecule is CN(C(=O)C1CCNC1)C1CCCCC1S(C)(=O)=O.Cl. The Hall–Kier alpha value is -0.330. The van der Waals surface area contributed by atoms with Crippen molar-refractivity contribution in [3.63, 3.8) is 0 Å². The van der Waals surface area contributed by atoms with E-state index < -0.39 is 9.84 Å². The van der Waals surface area contributed by atoms with Crippen LogP contribution in [0.2, 0.25) is 0 Å². The summed E-state index contributed by atoms with van der Waals surface area (Å²) in [6, 6.07) is -0.142. The molecule has 1 aliphatic heterocycles. The van der Waals surface area contributed by atoms with Gasteiger partial charge in [0.25, 0.3) is 0 Å². The summed E-state index contributed by atoms with van der Waals surface area (Å²) in [6.07, 6.45) is 5.60. The second-order valence-electron chi connectivity index (χ2n) is 5.86. The summed E-state index contributed by atoms with van der Waals surface area (Å²) < 4.78 is 23.8. The van der Waals surface area contributed by atoms with Crippen molar-refractivity contribution in [1.29, 1.82) is 0 Å². The monoisotopic (exact) mass is 324 g/mol. The molecule has 118 valence electrons. The van der Waals surface area contributed by atoms with Crippen LogP contribution in [0, 0.1) is 5.92 Å². The van der Waals surface area contributed by atoms with Crippen molar-refractivity contribution >= 4 is 28.2 Å². The van der Waals surface area contributed by atoms with Crippen molar-refractivity contribution in [2.45, 2.75) is 43.4 Å². The predicted molar refractivity (Wildman–Crippen MR) is 81.9 cm³/mol. The van der Waals surface area contributed by atoms with E-state index in [2.05, 4.69) is 5.32 Å². The zero-order valence-corrected chi connectivity index (χ0v) is 13.8. The molecule has 0 spiro atoms. The van der Waals surface area contributed by atoms with E-state index in [4.69, 9.17) is 0 Å². The van der Waals surface area contributed by atoms with Gasteiger partial charge in [-0.25, -0.2) is 8.42 Å². The zero-order valence-electron chi connectivity index (χ0n) is 12.2. The number of hydrogen-bond acceptors (Lipinski definition) is 4. The van der Waals surface area contributed by atoms with Gasteiger partial charge in [0, 0.05) is 25.9 Å². The maximum absolute atomic E-state index is 12.4. The molecular weight excluding hydrogens is 300 g/mol. The van der Waals surface area contributed by atoms with Gasteiger partial charge < -0.3 is 10.2 Å². The van der Waals surface area contributed by atoms with Crippen LogP contribution in [0.5, 0.6) is 0 Å². The molecule has 3 atom stereocenters. The minimum atomic E-state index is -3.09. The molecule has 5 nitrogen and oxygen atoms in total. The normalized spacial score (nSPS) is 30.6. The predicted octanol–water partition coefficient (Wildman–Crippen LogP) is 0.832. The number of rotatable bonds is 3. The molecule has 0 radical (unpaired) electrons. The van der Waals surface area contributed by atoms with E-state index in [0.29, 0.717) is 6.42 Å². The summed E-state index contributed by atoms with van der Waals surface area (Å²) in [5.41, 5.74) is 0. The summed E-state index contributed by atoms with van der Waals surface area (Å²) in [5, 5.41) is 2.80. The first-order valence-corrected chi connectivity index (χ1v) is 9.03. The first kappa shape index (κ1) is 17.7. The molecule has 2 rings (SSSR count). The third-order valence-electron chi connectivity index (χ3n) is 4.47. The van der Waals surface area contributed by atoms with Crippen LogP contribution in [-0.2, 0) is 14.6 Å². The molecule has 0 aromatic carbocycles. The summed E-state index contributed by atoms with van der Waals surface area (Å²) in [7, 11) is -1.31. The first-order chi connectivity index (χ1) is 8.91. The van der Waals surface area contributed by atoms with E-state index in [1.165, 1.54) is 6.26 Å². The standard InChI is InChI=1S/C13H24N2O3S.ClH/c1-15(13(16)10-7-8-14-9-10)11-5-3-4-6-12(11)19(2,17)18;/h10-12,14H,3-9H2,1-2H3;1H. The number of carbonyl (C=O) groups is 1. The average Bonchev–Trinajstić information content (AvgIpc) is 2.90. The lowest BCUT2D eigenvalue weighted by atomic mass is 9.93. The fourth-order valence-corrected chi connectivity index (χ4v) is 4.82. The molecule has 3 unspecified atom stereocenters. The number of nitrogens with zero attached hydrogens (tertiary/aromatic N) is 1. The van der Waals surface area contributed by atoms with Crippen molar-refractivity contribution in [3.05, 3.63) is 0 Å². The Morgan fingerprint density at radius 2 is 1.85 bits per heavy atom. The smallest absolute Gasteiger partial charge is 0.227 e. The molecule has 1 saturated heterocycles. The summed E-state index contributed by atoms with van der Waals surface area (Å²) in [4.78, 5) is 14.1. The molecule has 0 aromatic rings. The van der Waals surface area contributed by atoms with Gasteiger partial charge in [0.05, 0.1) is 11.2 Å². The summed E-state index contributed by atoms with van der Waals surface area (Å²) in [5.74, 6) is 0.123. The van der Waals surface area contributed by atoms with Gasteiger partial charge in [-0.3, -0.25) is 4.79 Å². The van der Waals surface area contributed by atoms with E-state index in [1.54, 1.807) is 11.9 Å². The summed E-state index contributed by atoms with van der Waals surface area (Å²) >= 11 is 0. The minimum absolute atomic E-state index is 0. The van der Waals surface area contributed by atoms with Crippen LogP contribution >= 0.6 is 12.4 Å². The van der Waals surface area contributed by atoms with Crippen LogP contribution in [-0.4, -0.2) is 56.9 Å². The number of carbonyl (C=O) groups excluding carboxylic acids is 1. The molecule has 2 aliphatic rings. The zero-order chi connectivity index (χ0) is 14.0. The van der Waals surface area contributed by atoms with Gasteiger partial charge in [-0.2, -0.15) is 0 Å². The van der Waals surface area contributed by atoms with E-state index in [-0.39, 0.29) is 35.5 Å². The van der Waals surface area contributed by atoms with Crippen LogP contribution in [0.1, 0.15) is 32.1 Å². The maximum atomic E-state index is 12.4. The second-order valence-corrected chi connectivity index (χ2v) is 8.12. The highest BCUT2D eigenvalue weighted by molar-refractivity contribution is 7.91. The van der Waals surface area contributed by atoms with Crippen molar-refractivity contribution in [3.8, 4) is 0 Å². The van der Waals surface area contributed by atoms with E-state index in [0.717, 1.165) is 38.8 Å². The van der Waals surface area contributed by atoms with Gasteiger partial charge in [0.1, 0.15) is 0 Å². The van der Waals surface area contributed by atoms with Crippen LogP contribution < -0.4 is 5.32 Å². The Kier molecular flexibility index (Phi) is 6.28. The molecule has 1 heterocycles. The van der Waals surface area contributed by atoms with Crippen LogP contribution in [0.25, 0.3) is 0 Å². The summed E-state index contributed by atoms with van der Waals surface area (Å²) in [6.45, 7) is 1.60. The van der Waals surface area contributed by atoms with Gasteiger partial charge in [0.15, 0.2) is 9.84 Å². The highest BCUT2D eigenvalue weighted by Gasteiger charge is 2.38. The fourth-order valence-electron chi connectivity index (χ4n) is 3.34. The Morgan fingerprint density at radius 1 is 1.20 bits per heavy atom. The molecule has 1 saturated carbocycles. The molecule has 1 N–H and O–H groups in total. The molecule has 7 heteroatoms. The highest BCUT2D eigenvalue weighted by atomic mass is 35.5. The van der Waals surface area contributed by atoms with Crippen molar-refractivity contribution in [2.75, 3.05) is 26.4 Å². The lowest BCUT2D eigenvalue weighted by Gasteiger charge is -2.38. The van der Waals surface area contributed by atoms with Gasteiger partial charge in [-0.15, -0.1) is 12.4 Å². The average molecular weight is 325 g/mol. The van der Waals surface area contributed by atoms with Crippen LogP contribution in [0.4, 0.5) is 0 Å². The Balaban J connectivity index is 0.00000200. The highest BCUT2D eigenvalue weighted by Crippen LogP contribution is 2.28. The molecule has 1 amide bonds. The van der Waals surface area contributed by atoms with Gasteiger partial charge in [-0.1, -0.05) is 12.8 Å². The quantitative estimate of drug-likeness (QED) is 0.835. The molecule has 20 heavy (non-hydrogen) atoms. The third kappa shape index (κ3) is 3.86. The lowest BCUT2D eigenvalue weighted by molar-refractivity contribution is -0.136. The number of hydrogen-bond donors (Lipinski definition) is 1. The van der Waals surface area contributed by atoms with Gasteiger partial charge in [-0.05, 0) is 25.8 Å². The molecule has 0 bridgehead atoms.